The van der Waals surface area contributed by atoms with Crippen molar-refractivity contribution in [3.63, 3.8) is 0 Å². The van der Waals surface area contributed by atoms with Crippen LogP contribution >= 0.6 is 11.6 Å². The lowest BCUT2D eigenvalue weighted by Gasteiger charge is -2.33. The van der Waals surface area contributed by atoms with Crippen molar-refractivity contribution in [2.45, 2.75) is 44.8 Å². The number of likely N-dealkylation sites (N-methyl/N-ethyl adjacent to an activating group) is 1. The van der Waals surface area contributed by atoms with E-state index in [1.54, 1.807) is 6.20 Å². The number of ether oxygens (including phenoxy) is 2. The SMILES string of the molecule is Cc1cccc(O[C@H]2CCN(C)C2COc2nc(N3CC4CCC(C4)C3)c3cnc(-c4cccc5cccc(Cl)c45)c(F)c3n2)c1. The first-order valence-electron chi connectivity index (χ1n) is 16.3. The third kappa shape index (κ3) is 5.41. The Balaban J connectivity index is 1.17. The van der Waals surface area contributed by atoms with E-state index < -0.39 is 5.82 Å². The maximum absolute atomic E-state index is 16.7. The first kappa shape index (κ1) is 29.4. The van der Waals surface area contributed by atoms with Gasteiger partial charge in [0.05, 0.1) is 11.4 Å². The van der Waals surface area contributed by atoms with Gasteiger partial charge < -0.3 is 14.4 Å². The van der Waals surface area contributed by atoms with Crippen molar-refractivity contribution >= 4 is 39.1 Å². The van der Waals surface area contributed by atoms with Gasteiger partial charge >= 0.3 is 6.01 Å². The second-order valence-electron chi connectivity index (χ2n) is 13.2. The van der Waals surface area contributed by atoms with E-state index >= 15 is 4.39 Å². The first-order chi connectivity index (χ1) is 22.4. The fourth-order valence-corrected chi connectivity index (χ4v) is 8.04. The summed E-state index contributed by atoms with van der Waals surface area (Å²) >= 11 is 6.64. The van der Waals surface area contributed by atoms with Crippen molar-refractivity contribution < 1.29 is 13.9 Å². The maximum atomic E-state index is 16.7. The minimum Gasteiger partial charge on any atom is -0.489 e. The van der Waals surface area contributed by atoms with E-state index in [0.29, 0.717) is 40.2 Å². The van der Waals surface area contributed by atoms with Crippen LogP contribution in [-0.4, -0.2) is 65.3 Å². The number of benzene rings is 3. The minimum absolute atomic E-state index is 0.00948. The highest BCUT2D eigenvalue weighted by Crippen LogP contribution is 2.41. The standard InChI is InChI=1S/C37H37ClFN5O2/c1-22-6-3-9-26(16-22)46-31-14-15-43(2)30(31)21-45-37-41-35-28(36(42-37)44-19-23-12-13-24(17-23)20-44)18-40-34(33(35)39)27-10-4-7-25-8-5-11-29(38)32(25)27/h3-11,16,18,23-24,30-31H,12-15,17,19-21H2,1-2H3/t23?,24?,30?,31-/m0/s1. The number of nitrogens with zero attached hydrogens (tertiary/aromatic N) is 5. The highest BCUT2D eigenvalue weighted by atomic mass is 35.5. The average molecular weight is 638 g/mol. The molecule has 4 atom stereocenters. The molecule has 2 aromatic heterocycles. The molecule has 3 fully saturated rings. The fourth-order valence-electron chi connectivity index (χ4n) is 7.76. The van der Waals surface area contributed by atoms with E-state index in [2.05, 4.69) is 40.9 Å². The van der Waals surface area contributed by atoms with E-state index in [9.17, 15) is 0 Å². The Hall–Kier alpha value is -4.01. The van der Waals surface area contributed by atoms with Crippen LogP contribution < -0.4 is 14.4 Å². The smallest absolute Gasteiger partial charge is 0.319 e. The normalized spacial score (nSPS) is 23.0. The van der Waals surface area contributed by atoms with Crippen molar-refractivity contribution in [2.75, 3.05) is 38.2 Å². The van der Waals surface area contributed by atoms with Gasteiger partial charge in [-0.25, -0.2) is 4.39 Å². The van der Waals surface area contributed by atoms with Gasteiger partial charge in [-0.2, -0.15) is 9.97 Å². The number of hydrogen-bond donors (Lipinski definition) is 0. The van der Waals surface area contributed by atoms with Crippen LogP contribution in [0.2, 0.25) is 5.02 Å². The quantitative estimate of drug-likeness (QED) is 0.181. The van der Waals surface area contributed by atoms with E-state index in [1.807, 2.05) is 48.5 Å². The number of fused-ring (bicyclic) bond motifs is 4. The number of halogens is 2. The number of likely N-dealkylation sites (tertiary alicyclic amines) is 1. The molecule has 2 saturated heterocycles. The minimum atomic E-state index is -0.503. The van der Waals surface area contributed by atoms with Gasteiger partial charge in [-0.15, -0.1) is 0 Å². The van der Waals surface area contributed by atoms with Crippen molar-refractivity contribution in [2.24, 2.45) is 11.8 Å². The summed E-state index contributed by atoms with van der Waals surface area (Å²) in [6, 6.07) is 19.7. The monoisotopic (exact) mass is 637 g/mol. The average Bonchev–Trinajstić information content (AvgIpc) is 3.58. The number of piperidine rings is 1. The molecule has 1 saturated carbocycles. The summed E-state index contributed by atoms with van der Waals surface area (Å²) in [6.45, 7) is 5.06. The summed E-state index contributed by atoms with van der Waals surface area (Å²) in [5.74, 6) is 2.28. The van der Waals surface area contributed by atoms with Crippen molar-refractivity contribution in [1.29, 1.82) is 0 Å². The van der Waals surface area contributed by atoms with Crippen LogP contribution in [0.15, 0.2) is 66.9 Å². The molecular weight excluding hydrogens is 601 g/mol. The zero-order valence-electron chi connectivity index (χ0n) is 26.1. The Morgan fingerprint density at radius 2 is 1.76 bits per heavy atom. The van der Waals surface area contributed by atoms with Gasteiger partial charge in [0.2, 0.25) is 0 Å². The molecule has 1 aliphatic carbocycles. The van der Waals surface area contributed by atoms with Gasteiger partial charge in [-0.1, -0.05) is 54.1 Å². The largest absolute Gasteiger partial charge is 0.489 e. The Morgan fingerprint density at radius 3 is 2.57 bits per heavy atom. The van der Waals surface area contributed by atoms with E-state index in [4.69, 9.17) is 31.0 Å². The zero-order chi connectivity index (χ0) is 31.4. The predicted molar refractivity (Wildman–Crippen MR) is 180 cm³/mol. The third-order valence-electron chi connectivity index (χ3n) is 10.1. The van der Waals surface area contributed by atoms with E-state index in [1.165, 1.54) is 19.3 Å². The van der Waals surface area contributed by atoms with Gasteiger partial charge in [0.1, 0.15) is 35.5 Å². The van der Waals surface area contributed by atoms with E-state index in [0.717, 1.165) is 48.1 Å². The second-order valence-corrected chi connectivity index (χ2v) is 13.6. The molecule has 46 heavy (non-hydrogen) atoms. The van der Waals surface area contributed by atoms with Gasteiger partial charge in [0.25, 0.3) is 0 Å². The molecule has 0 radical (unpaired) electrons. The Morgan fingerprint density at radius 1 is 0.978 bits per heavy atom. The molecule has 0 spiro atoms. The van der Waals surface area contributed by atoms with Crippen LogP contribution in [0.5, 0.6) is 11.8 Å². The summed E-state index contributed by atoms with van der Waals surface area (Å²) in [4.78, 5) is 18.9. The fraction of sp³-hybridized carbons (Fsp3) is 0.378. The molecule has 3 unspecified atom stereocenters. The highest BCUT2D eigenvalue weighted by Gasteiger charge is 2.36. The summed E-state index contributed by atoms with van der Waals surface area (Å²) in [5, 5.41) is 2.83. The highest BCUT2D eigenvalue weighted by molar-refractivity contribution is 6.36. The number of rotatable bonds is 7. The second kappa shape index (κ2) is 12.0. The number of hydrogen-bond acceptors (Lipinski definition) is 7. The zero-order valence-corrected chi connectivity index (χ0v) is 26.9. The predicted octanol–water partition coefficient (Wildman–Crippen LogP) is 7.71. The number of pyridine rings is 1. The summed E-state index contributed by atoms with van der Waals surface area (Å²) in [5.41, 5.74) is 2.20. The van der Waals surface area contributed by atoms with Crippen LogP contribution in [-0.2, 0) is 0 Å². The topological polar surface area (TPSA) is 63.6 Å². The molecule has 236 valence electrons. The molecule has 2 bridgehead atoms. The molecule has 2 aliphatic heterocycles. The van der Waals surface area contributed by atoms with E-state index in [-0.39, 0.29) is 29.4 Å². The number of anilines is 1. The number of aromatic nitrogens is 3. The van der Waals surface area contributed by atoms with Crippen LogP contribution in [0.3, 0.4) is 0 Å². The van der Waals surface area contributed by atoms with Gasteiger partial charge in [0, 0.05) is 41.8 Å². The molecule has 5 aromatic rings. The van der Waals surface area contributed by atoms with Gasteiger partial charge in [-0.05, 0) is 80.6 Å². The summed E-state index contributed by atoms with van der Waals surface area (Å²) < 4.78 is 29.5. The molecule has 9 heteroatoms. The van der Waals surface area contributed by atoms with Crippen LogP contribution in [0.1, 0.15) is 31.2 Å². The lowest BCUT2D eigenvalue weighted by molar-refractivity contribution is 0.102. The van der Waals surface area contributed by atoms with Crippen LogP contribution in [0, 0.1) is 24.6 Å². The molecule has 3 aliphatic rings. The summed E-state index contributed by atoms with van der Waals surface area (Å²) in [6.07, 6.45) is 6.25. The van der Waals surface area contributed by atoms with Gasteiger partial charge in [0.15, 0.2) is 5.82 Å². The molecule has 3 aromatic carbocycles. The Bertz CT molecular complexity index is 1920. The molecular formula is C37H37ClFN5O2. The molecule has 4 heterocycles. The first-order valence-corrected chi connectivity index (χ1v) is 16.6. The van der Waals surface area contributed by atoms with Gasteiger partial charge in [-0.3, -0.25) is 9.88 Å². The third-order valence-corrected chi connectivity index (χ3v) is 10.4. The lowest BCUT2D eigenvalue weighted by Crippen LogP contribution is -2.40. The van der Waals surface area contributed by atoms with Crippen molar-refractivity contribution in [1.82, 2.24) is 19.9 Å². The molecule has 0 amide bonds. The van der Waals surface area contributed by atoms with Crippen molar-refractivity contribution in [3.05, 3.63) is 83.3 Å². The summed E-state index contributed by atoms with van der Waals surface area (Å²) in [7, 11) is 2.08. The number of aryl methyl sites for hydroxylation is 1. The molecule has 8 rings (SSSR count). The van der Waals surface area contributed by atoms with Crippen LogP contribution in [0.25, 0.3) is 32.9 Å². The lowest BCUT2D eigenvalue weighted by atomic mass is 9.98. The molecule has 0 N–H and O–H groups in total. The van der Waals surface area contributed by atoms with Crippen molar-refractivity contribution in [3.8, 4) is 23.0 Å². The van der Waals surface area contributed by atoms with Crippen LogP contribution in [0.4, 0.5) is 10.2 Å². The maximum Gasteiger partial charge on any atom is 0.319 e. The Kier molecular flexibility index (Phi) is 7.65. The Labute approximate surface area is 273 Å². The molecule has 7 nitrogen and oxygen atoms in total.